The number of amides is 1. The Labute approximate surface area is 216 Å². The number of sulfone groups is 1. The van der Waals surface area contributed by atoms with Crippen LogP contribution < -0.4 is 14.4 Å². The van der Waals surface area contributed by atoms with E-state index in [1.165, 1.54) is 49.6 Å². The van der Waals surface area contributed by atoms with E-state index in [1.807, 2.05) is 6.92 Å². The van der Waals surface area contributed by atoms with Gasteiger partial charge >= 0.3 is 0 Å². The third kappa shape index (κ3) is 6.57. The summed E-state index contributed by atoms with van der Waals surface area (Å²) in [6.45, 7) is 1.37. The van der Waals surface area contributed by atoms with E-state index in [1.54, 1.807) is 30.3 Å². The molecule has 0 aliphatic carbocycles. The van der Waals surface area contributed by atoms with Crippen LogP contribution in [0.15, 0.2) is 82.6 Å². The number of nitrogens with zero attached hydrogens (tertiary/aromatic N) is 1. The zero-order chi connectivity index (χ0) is 26.5. The number of carbonyl (C=O) groups is 1. The second kappa shape index (κ2) is 11.3. The minimum absolute atomic E-state index is 0.0144. The predicted molar refractivity (Wildman–Crippen MR) is 140 cm³/mol. The average Bonchev–Trinajstić information content (AvgIpc) is 2.85. The second-order valence-electron chi connectivity index (χ2n) is 8.04. The number of halogens is 1. The van der Waals surface area contributed by atoms with Crippen molar-refractivity contribution < 1.29 is 26.4 Å². The minimum Gasteiger partial charge on any atom is -0.497 e. The quantitative estimate of drug-likeness (QED) is 0.405. The number of ether oxygens (including phenoxy) is 1. The standard InChI is InChI=1S/C25H27ClN2O6S2/c1-4-24(18-8-12-22(13-9-18)35(3,30)31)27-25(29)17-28(20-7-5-6-19(26)16-20)36(32,33)23-14-10-21(34-2)11-15-23/h5-16,24H,4,17H2,1-3H3,(H,27,29). The number of hydrogen-bond donors (Lipinski definition) is 1. The van der Waals surface area contributed by atoms with E-state index in [-0.39, 0.29) is 15.5 Å². The molecule has 192 valence electrons. The Hall–Kier alpha value is -3.08. The molecule has 0 saturated carbocycles. The summed E-state index contributed by atoms with van der Waals surface area (Å²) >= 11 is 6.11. The molecule has 0 radical (unpaired) electrons. The average molecular weight is 551 g/mol. The maximum absolute atomic E-state index is 13.5. The Morgan fingerprint density at radius 3 is 2.11 bits per heavy atom. The van der Waals surface area contributed by atoms with Gasteiger partial charge in [0.25, 0.3) is 10.0 Å². The van der Waals surface area contributed by atoms with Gasteiger partial charge in [0.15, 0.2) is 9.84 Å². The highest BCUT2D eigenvalue weighted by molar-refractivity contribution is 7.93. The lowest BCUT2D eigenvalue weighted by Crippen LogP contribution is -2.42. The first-order valence-corrected chi connectivity index (χ1v) is 14.7. The Morgan fingerprint density at radius 2 is 1.58 bits per heavy atom. The summed E-state index contributed by atoms with van der Waals surface area (Å²) in [5.74, 6) is -0.0419. The number of benzene rings is 3. The molecular formula is C25H27ClN2O6S2. The molecule has 0 heterocycles. The van der Waals surface area contributed by atoms with Crippen molar-refractivity contribution in [3.05, 3.63) is 83.4 Å². The summed E-state index contributed by atoms with van der Waals surface area (Å²) in [4.78, 5) is 13.2. The number of methoxy groups -OCH3 is 1. The summed E-state index contributed by atoms with van der Waals surface area (Å²) in [5.41, 5.74) is 0.935. The molecule has 36 heavy (non-hydrogen) atoms. The van der Waals surface area contributed by atoms with Gasteiger partial charge in [-0.15, -0.1) is 0 Å². The van der Waals surface area contributed by atoms with Crippen LogP contribution in [-0.4, -0.2) is 42.7 Å². The number of rotatable bonds is 10. The van der Waals surface area contributed by atoms with Gasteiger partial charge in [-0.1, -0.05) is 36.7 Å². The van der Waals surface area contributed by atoms with Crippen molar-refractivity contribution in [3.63, 3.8) is 0 Å². The highest BCUT2D eigenvalue weighted by atomic mass is 35.5. The number of hydrogen-bond acceptors (Lipinski definition) is 6. The molecule has 0 aromatic heterocycles. The lowest BCUT2D eigenvalue weighted by atomic mass is 10.0. The van der Waals surface area contributed by atoms with Crippen LogP contribution in [-0.2, 0) is 24.7 Å². The molecule has 1 atom stereocenters. The van der Waals surface area contributed by atoms with Gasteiger partial charge in [-0.2, -0.15) is 0 Å². The SMILES string of the molecule is CCC(NC(=O)CN(c1cccc(Cl)c1)S(=O)(=O)c1ccc(OC)cc1)c1ccc(S(C)(=O)=O)cc1. The van der Waals surface area contributed by atoms with Crippen LogP contribution in [0.2, 0.25) is 5.02 Å². The van der Waals surface area contributed by atoms with Crippen LogP contribution >= 0.6 is 11.6 Å². The van der Waals surface area contributed by atoms with Crippen molar-refractivity contribution in [3.8, 4) is 5.75 Å². The van der Waals surface area contributed by atoms with Crippen LogP contribution in [0.25, 0.3) is 0 Å². The van der Waals surface area contributed by atoms with Gasteiger partial charge < -0.3 is 10.1 Å². The first kappa shape index (κ1) is 27.5. The zero-order valence-electron chi connectivity index (χ0n) is 20.0. The van der Waals surface area contributed by atoms with E-state index in [9.17, 15) is 21.6 Å². The summed E-state index contributed by atoms with van der Waals surface area (Å²) in [6.07, 6.45) is 1.63. The summed E-state index contributed by atoms with van der Waals surface area (Å²) in [7, 11) is -6.00. The molecule has 3 rings (SSSR count). The summed E-state index contributed by atoms with van der Waals surface area (Å²) < 4.78 is 56.7. The second-order valence-corrected chi connectivity index (χ2v) is 12.4. The third-order valence-corrected chi connectivity index (χ3v) is 8.64. The van der Waals surface area contributed by atoms with Gasteiger partial charge in [-0.25, -0.2) is 16.8 Å². The monoisotopic (exact) mass is 550 g/mol. The van der Waals surface area contributed by atoms with Crippen molar-refractivity contribution in [2.45, 2.75) is 29.2 Å². The molecule has 1 unspecified atom stereocenters. The molecule has 0 saturated heterocycles. The van der Waals surface area contributed by atoms with Gasteiger partial charge in [0, 0.05) is 11.3 Å². The Morgan fingerprint density at radius 1 is 0.972 bits per heavy atom. The van der Waals surface area contributed by atoms with Gasteiger partial charge in [0.1, 0.15) is 12.3 Å². The molecule has 8 nitrogen and oxygen atoms in total. The maximum atomic E-state index is 13.5. The molecule has 0 spiro atoms. The first-order valence-electron chi connectivity index (χ1n) is 11.0. The predicted octanol–water partition coefficient (Wildman–Crippen LogP) is 4.21. The maximum Gasteiger partial charge on any atom is 0.264 e. The van der Waals surface area contributed by atoms with Crippen molar-refractivity contribution in [1.29, 1.82) is 0 Å². The van der Waals surface area contributed by atoms with Gasteiger partial charge in [-0.3, -0.25) is 9.10 Å². The fraction of sp³-hybridized carbons (Fsp3) is 0.240. The van der Waals surface area contributed by atoms with Crippen LogP contribution in [0.4, 0.5) is 5.69 Å². The Balaban J connectivity index is 1.89. The van der Waals surface area contributed by atoms with Crippen molar-refractivity contribution >= 4 is 43.1 Å². The van der Waals surface area contributed by atoms with Gasteiger partial charge in [0.2, 0.25) is 5.91 Å². The molecule has 0 fully saturated rings. The van der Waals surface area contributed by atoms with E-state index >= 15 is 0 Å². The van der Waals surface area contributed by atoms with E-state index in [2.05, 4.69) is 5.32 Å². The lowest BCUT2D eigenvalue weighted by molar-refractivity contribution is -0.120. The molecule has 1 N–H and O–H groups in total. The molecule has 0 aliphatic heterocycles. The normalized spacial score (nSPS) is 12.6. The highest BCUT2D eigenvalue weighted by Crippen LogP contribution is 2.27. The molecule has 11 heteroatoms. The lowest BCUT2D eigenvalue weighted by Gasteiger charge is -2.26. The molecular weight excluding hydrogens is 524 g/mol. The molecule has 0 aliphatic rings. The fourth-order valence-electron chi connectivity index (χ4n) is 3.56. The highest BCUT2D eigenvalue weighted by Gasteiger charge is 2.28. The van der Waals surface area contributed by atoms with Crippen molar-refractivity contribution in [2.24, 2.45) is 0 Å². The molecule has 3 aromatic carbocycles. The summed E-state index contributed by atoms with van der Waals surface area (Å²) in [6, 6.07) is 17.9. The zero-order valence-corrected chi connectivity index (χ0v) is 22.4. The van der Waals surface area contributed by atoms with Gasteiger partial charge in [0.05, 0.1) is 28.6 Å². The molecule has 3 aromatic rings. The number of carbonyl (C=O) groups excluding carboxylic acids is 1. The van der Waals surface area contributed by atoms with Crippen LogP contribution in [0.1, 0.15) is 24.9 Å². The Bertz CT molecular complexity index is 1420. The molecule has 0 bridgehead atoms. The number of nitrogens with one attached hydrogen (secondary N) is 1. The van der Waals surface area contributed by atoms with Crippen molar-refractivity contribution in [2.75, 3.05) is 24.2 Å². The minimum atomic E-state index is -4.13. The van der Waals surface area contributed by atoms with Crippen LogP contribution in [0, 0.1) is 0 Å². The largest absolute Gasteiger partial charge is 0.497 e. The van der Waals surface area contributed by atoms with Crippen LogP contribution in [0.3, 0.4) is 0 Å². The molecule has 1 amide bonds. The van der Waals surface area contributed by atoms with E-state index in [0.717, 1.165) is 10.6 Å². The number of sulfonamides is 1. The first-order chi connectivity index (χ1) is 17.0. The fourth-order valence-corrected chi connectivity index (χ4v) is 5.79. The van der Waals surface area contributed by atoms with E-state index in [4.69, 9.17) is 16.3 Å². The van der Waals surface area contributed by atoms with E-state index in [0.29, 0.717) is 22.8 Å². The third-order valence-electron chi connectivity index (χ3n) is 5.48. The summed E-state index contributed by atoms with van der Waals surface area (Å²) in [5, 5.41) is 3.17. The van der Waals surface area contributed by atoms with Crippen molar-refractivity contribution in [1.82, 2.24) is 5.32 Å². The van der Waals surface area contributed by atoms with E-state index < -0.39 is 38.4 Å². The van der Waals surface area contributed by atoms with Crippen LogP contribution in [0.5, 0.6) is 5.75 Å². The topological polar surface area (TPSA) is 110 Å². The van der Waals surface area contributed by atoms with Gasteiger partial charge in [-0.05, 0) is 66.6 Å². The Kier molecular flexibility index (Phi) is 8.65. The number of anilines is 1. The smallest absolute Gasteiger partial charge is 0.264 e.